The lowest BCUT2D eigenvalue weighted by Crippen LogP contribution is -2.54. The summed E-state index contributed by atoms with van der Waals surface area (Å²) in [5.74, 6) is -1.31. The number of nitrogens with one attached hydrogen (secondary N) is 2. The Kier molecular flexibility index (Phi) is 14.5. The first-order chi connectivity index (χ1) is 26.9. The zero-order valence-electron chi connectivity index (χ0n) is 32.6. The number of carbonyl (C=O) groups is 3. The van der Waals surface area contributed by atoms with Gasteiger partial charge in [0.1, 0.15) is 17.9 Å². The largest absolute Gasteiger partial charge is 0.494 e. The first-order valence-corrected chi connectivity index (χ1v) is 19.2. The fourth-order valence-electron chi connectivity index (χ4n) is 6.24. The van der Waals surface area contributed by atoms with Crippen molar-refractivity contribution in [2.24, 2.45) is 0 Å². The molecule has 10 heteroatoms. The normalized spacial score (nSPS) is 12.9. The second-order valence-corrected chi connectivity index (χ2v) is 15.0. The molecule has 4 aromatic carbocycles. The maximum absolute atomic E-state index is 13.8. The van der Waals surface area contributed by atoms with E-state index in [2.05, 4.69) is 48.3 Å². The van der Waals surface area contributed by atoms with E-state index in [1.807, 2.05) is 60.7 Å². The standard InChI is InChI=1S/C46H52N4O6/c1-5-6-7-8-12-27-56-38-25-21-32(22-26-38)36-29-47-42(48-30-36)34-17-15-31(16-18-34)28-39(49-43(52)35-19-23-37(24-20-35)46(2,3)4)44(53)50-40(45(54)55)41(51)33-13-10-9-11-14-33/h9-11,13-26,29-30,39-41,51H,5-8,12,27-28H2,1-4H3,(H,49,52)(H,50,53)(H,54,55)/t39-,40?,41?/m0/s1. The van der Waals surface area contributed by atoms with E-state index in [1.54, 1.807) is 54.9 Å². The van der Waals surface area contributed by atoms with Gasteiger partial charge in [0.2, 0.25) is 5.91 Å². The van der Waals surface area contributed by atoms with Gasteiger partial charge in [0, 0.05) is 35.5 Å². The quantitative estimate of drug-likeness (QED) is 0.0656. The number of hydrogen-bond donors (Lipinski definition) is 4. The summed E-state index contributed by atoms with van der Waals surface area (Å²) in [7, 11) is 0. The molecule has 2 unspecified atom stereocenters. The summed E-state index contributed by atoms with van der Waals surface area (Å²) in [6.45, 7) is 9.14. The number of carboxylic acid groups (broad SMARTS) is 1. The van der Waals surface area contributed by atoms with Crippen molar-refractivity contribution in [3.63, 3.8) is 0 Å². The van der Waals surface area contributed by atoms with Gasteiger partial charge in [-0.2, -0.15) is 0 Å². The Morgan fingerprint density at radius 1 is 0.732 bits per heavy atom. The van der Waals surface area contributed by atoms with Gasteiger partial charge < -0.3 is 25.6 Å². The number of nitrogens with zero attached hydrogens (tertiary/aromatic N) is 2. The monoisotopic (exact) mass is 756 g/mol. The molecule has 0 aliphatic heterocycles. The van der Waals surface area contributed by atoms with Crippen LogP contribution in [0.4, 0.5) is 0 Å². The minimum absolute atomic E-state index is 0.0457. The first kappa shape index (κ1) is 41.3. The summed E-state index contributed by atoms with van der Waals surface area (Å²) in [5, 5.41) is 26.2. The third kappa shape index (κ3) is 11.6. The van der Waals surface area contributed by atoms with Crippen molar-refractivity contribution in [2.75, 3.05) is 6.61 Å². The third-order valence-corrected chi connectivity index (χ3v) is 9.66. The second-order valence-electron chi connectivity index (χ2n) is 15.0. The van der Waals surface area contributed by atoms with Gasteiger partial charge in [-0.25, -0.2) is 14.8 Å². The van der Waals surface area contributed by atoms with Crippen molar-refractivity contribution in [1.82, 2.24) is 20.6 Å². The molecule has 292 valence electrons. The van der Waals surface area contributed by atoms with E-state index >= 15 is 0 Å². The number of rotatable bonds is 18. The Balaban J connectivity index is 1.28. The van der Waals surface area contributed by atoms with Crippen molar-refractivity contribution in [3.8, 4) is 28.3 Å². The van der Waals surface area contributed by atoms with Crippen LogP contribution in [0.5, 0.6) is 5.75 Å². The summed E-state index contributed by atoms with van der Waals surface area (Å²) in [6, 6.07) is 27.7. The van der Waals surface area contributed by atoms with Gasteiger partial charge in [-0.05, 0) is 58.4 Å². The molecule has 0 saturated carbocycles. The number of aliphatic hydroxyl groups is 1. The van der Waals surface area contributed by atoms with E-state index in [9.17, 15) is 24.6 Å². The van der Waals surface area contributed by atoms with Crippen LogP contribution in [-0.2, 0) is 21.4 Å². The topological polar surface area (TPSA) is 151 Å². The highest BCUT2D eigenvalue weighted by Crippen LogP contribution is 2.25. The van der Waals surface area contributed by atoms with E-state index < -0.39 is 36.0 Å². The number of aromatic nitrogens is 2. The number of amides is 2. The Labute approximate surface area is 329 Å². The molecule has 5 rings (SSSR count). The van der Waals surface area contributed by atoms with E-state index in [4.69, 9.17) is 4.74 Å². The molecule has 0 spiro atoms. The summed E-state index contributed by atoms with van der Waals surface area (Å²) >= 11 is 0. The fourth-order valence-corrected chi connectivity index (χ4v) is 6.24. The lowest BCUT2D eigenvalue weighted by molar-refractivity contribution is -0.145. The van der Waals surface area contributed by atoms with Crippen LogP contribution < -0.4 is 15.4 Å². The fraction of sp³-hybridized carbons (Fsp3) is 0.326. The molecule has 0 aliphatic rings. The number of hydrogen-bond acceptors (Lipinski definition) is 7. The van der Waals surface area contributed by atoms with Gasteiger partial charge in [0.15, 0.2) is 11.9 Å². The van der Waals surface area contributed by atoms with Gasteiger partial charge in [-0.1, -0.05) is 132 Å². The van der Waals surface area contributed by atoms with Crippen LogP contribution in [0.1, 0.15) is 93.0 Å². The molecule has 0 saturated heterocycles. The third-order valence-electron chi connectivity index (χ3n) is 9.66. The zero-order chi connectivity index (χ0) is 40.1. The van der Waals surface area contributed by atoms with Crippen LogP contribution in [0, 0.1) is 0 Å². The highest BCUT2D eigenvalue weighted by molar-refractivity contribution is 5.98. The molecule has 0 aliphatic carbocycles. The van der Waals surface area contributed by atoms with E-state index in [-0.39, 0.29) is 11.8 Å². The smallest absolute Gasteiger partial charge is 0.329 e. The van der Waals surface area contributed by atoms with Gasteiger partial charge in [0.25, 0.3) is 5.91 Å². The molecule has 0 radical (unpaired) electrons. The van der Waals surface area contributed by atoms with E-state index in [0.29, 0.717) is 29.1 Å². The Morgan fingerprint density at radius 2 is 1.36 bits per heavy atom. The number of carboxylic acids is 1. The molecule has 56 heavy (non-hydrogen) atoms. The van der Waals surface area contributed by atoms with Gasteiger partial charge >= 0.3 is 5.97 Å². The number of ether oxygens (including phenoxy) is 1. The Morgan fingerprint density at radius 3 is 1.96 bits per heavy atom. The molecular weight excluding hydrogens is 705 g/mol. The SMILES string of the molecule is CCCCCCCOc1ccc(-c2cnc(-c3ccc(C[C@H](NC(=O)c4ccc(C(C)(C)C)cc4)C(=O)NC(C(=O)O)C(O)c4ccccc4)cc3)nc2)cc1. The van der Waals surface area contributed by atoms with Crippen LogP contribution in [0.15, 0.2) is 116 Å². The maximum atomic E-state index is 13.8. The molecule has 1 heterocycles. The van der Waals surface area contributed by atoms with Crippen LogP contribution >= 0.6 is 0 Å². The van der Waals surface area contributed by atoms with E-state index in [0.717, 1.165) is 34.4 Å². The van der Waals surface area contributed by atoms with Gasteiger partial charge in [0.05, 0.1) is 6.61 Å². The Hall–Kier alpha value is -5.87. The minimum atomic E-state index is -1.66. The van der Waals surface area contributed by atoms with Gasteiger partial charge in [-0.15, -0.1) is 0 Å². The highest BCUT2D eigenvalue weighted by atomic mass is 16.5. The van der Waals surface area contributed by atoms with Crippen LogP contribution in [0.25, 0.3) is 22.5 Å². The molecule has 4 N–H and O–H groups in total. The van der Waals surface area contributed by atoms with Gasteiger partial charge in [-0.3, -0.25) is 9.59 Å². The molecule has 0 fully saturated rings. The number of aliphatic hydroxyl groups excluding tert-OH is 1. The predicted molar refractivity (Wildman–Crippen MR) is 218 cm³/mol. The maximum Gasteiger partial charge on any atom is 0.329 e. The summed E-state index contributed by atoms with van der Waals surface area (Å²) < 4.78 is 5.90. The van der Waals surface area contributed by atoms with E-state index in [1.165, 1.54) is 25.7 Å². The predicted octanol–water partition coefficient (Wildman–Crippen LogP) is 8.10. The second kappa shape index (κ2) is 19.6. The van der Waals surface area contributed by atoms with Crippen molar-refractivity contribution >= 4 is 17.8 Å². The molecule has 1 aromatic heterocycles. The molecule has 0 bridgehead atoms. The molecule has 10 nitrogen and oxygen atoms in total. The van der Waals surface area contributed by atoms with Crippen LogP contribution in [0.2, 0.25) is 0 Å². The van der Waals surface area contributed by atoms with Crippen molar-refractivity contribution in [3.05, 3.63) is 138 Å². The number of carbonyl (C=O) groups excluding carboxylic acids is 2. The number of aliphatic carboxylic acids is 1. The summed E-state index contributed by atoms with van der Waals surface area (Å²) in [6.07, 6.45) is 8.02. The summed E-state index contributed by atoms with van der Waals surface area (Å²) in [4.78, 5) is 48.7. The van der Waals surface area contributed by atoms with Crippen LogP contribution in [0.3, 0.4) is 0 Å². The Bertz CT molecular complexity index is 2010. The van der Waals surface area contributed by atoms with Crippen molar-refractivity contribution in [2.45, 2.75) is 89.8 Å². The molecular formula is C46H52N4O6. The molecule has 5 aromatic rings. The lowest BCUT2D eigenvalue weighted by Gasteiger charge is -2.25. The van der Waals surface area contributed by atoms with Crippen LogP contribution in [-0.4, -0.2) is 56.7 Å². The molecule has 3 atom stereocenters. The van der Waals surface area contributed by atoms with Crippen molar-refractivity contribution in [1.29, 1.82) is 0 Å². The average Bonchev–Trinajstić information content (AvgIpc) is 3.21. The number of benzene rings is 4. The summed E-state index contributed by atoms with van der Waals surface area (Å²) in [5.41, 5.74) is 4.91. The van der Waals surface area contributed by atoms with Crippen molar-refractivity contribution < 1.29 is 29.3 Å². The number of unbranched alkanes of at least 4 members (excludes halogenated alkanes) is 4. The lowest BCUT2D eigenvalue weighted by atomic mass is 9.86. The zero-order valence-corrected chi connectivity index (χ0v) is 32.6. The highest BCUT2D eigenvalue weighted by Gasteiger charge is 2.33. The minimum Gasteiger partial charge on any atom is -0.494 e. The molecule has 2 amide bonds. The first-order valence-electron chi connectivity index (χ1n) is 19.2. The average molecular weight is 757 g/mol.